The number of amides is 2. The van der Waals surface area contributed by atoms with Gasteiger partial charge in [-0.1, -0.05) is 12.7 Å². The molecule has 0 atom stereocenters. The number of nitrogens with one attached hydrogen (secondary N) is 2. The Morgan fingerprint density at radius 1 is 1.40 bits per heavy atom. The highest BCUT2D eigenvalue weighted by Gasteiger charge is 2.06. The van der Waals surface area contributed by atoms with Gasteiger partial charge >= 0.3 is 12.1 Å². The maximum absolute atomic E-state index is 10.8. The molecule has 0 aliphatic heterocycles. The third kappa shape index (κ3) is 8.28. The molecule has 0 spiro atoms. The predicted octanol–water partition coefficient (Wildman–Crippen LogP) is -0.507. The Morgan fingerprint density at radius 3 is 2.60 bits per heavy atom. The summed E-state index contributed by atoms with van der Waals surface area (Å²) in [7, 11) is 0. The summed E-state index contributed by atoms with van der Waals surface area (Å²) in [5, 5.41) is 2.13. The molecule has 0 saturated heterocycles. The lowest BCUT2D eigenvalue weighted by Gasteiger charge is -2.05. The van der Waals surface area contributed by atoms with Crippen LogP contribution in [-0.2, 0) is 19.2 Å². The first-order valence-electron chi connectivity index (χ1n) is 4.04. The fourth-order valence-corrected chi connectivity index (χ4v) is 0.503. The van der Waals surface area contributed by atoms with Gasteiger partial charge in [0.05, 0.1) is 0 Å². The van der Waals surface area contributed by atoms with Crippen molar-refractivity contribution in [2.75, 3.05) is 13.2 Å². The van der Waals surface area contributed by atoms with Crippen LogP contribution in [0.3, 0.4) is 0 Å². The normalized spacial score (nSPS) is 8.60. The summed E-state index contributed by atoms with van der Waals surface area (Å²) in [6.45, 7) is 4.17. The zero-order chi connectivity index (χ0) is 11.7. The van der Waals surface area contributed by atoms with Gasteiger partial charge in [0, 0.05) is 6.92 Å². The third-order valence-corrected chi connectivity index (χ3v) is 1.03. The molecule has 2 N–H and O–H groups in total. The van der Waals surface area contributed by atoms with Crippen molar-refractivity contribution in [1.29, 1.82) is 0 Å². The summed E-state index contributed by atoms with van der Waals surface area (Å²) < 4.78 is 4.51. The first-order valence-corrected chi connectivity index (χ1v) is 4.04. The van der Waals surface area contributed by atoms with Crippen molar-refractivity contribution in [3.05, 3.63) is 12.7 Å². The second kappa shape index (κ2) is 7.36. The van der Waals surface area contributed by atoms with Crippen LogP contribution in [0.1, 0.15) is 6.92 Å². The van der Waals surface area contributed by atoms with Crippen LogP contribution in [0, 0.1) is 0 Å². The molecule has 0 rings (SSSR count). The standard InChI is InChI=1S/C8H12N2O5/c1-3-4-14-8(13)9-5-7(12)10-15-6(2)11/h3H,1,4-5H2,2H3,(H,9,13)(H,10,12). The molecule has 0 saturated carbocycles. The molecular weight excluding hydrogens is 204 g/mol. The van der Waals surface area contributed by atoms with E-state index < -0.39 is 18.0 Å². The quantitative estimate of drug-likeness (QED) is 0.487. The minimum Gasteiger partial charge on any atom is -0.445 e. The van der Waals surface area contributed by atoms with E-state index in [1.165, 1.54) is 6.08 Å². The van der Waals surface area contributed by atoms with Gasteiger partial charge in [-0.15, -0.1) is 0 Å². The molecular formula is C8H12N2O5. The average Bonchev–Trinajstić information content (AvgIpc) is 2.20. The summed E-state index contributed by atoms with van der Waals surface area (Å²) in [6.07, 6.45) is 0.631. The molecule has 0 radical (unpaired) electrons. The minimum absolute atomic E-state index is 0.0530. The van der Waals surface area contributed by atoms with Crippen molar-refractivity contribution in [3.63, 3.8) is 0 Å². The first-order chi connectivity index (χ1) is 7.06. The van der Waals surface area contributed by atoms with Crippen molar-refractivity contribution >= 4 is 18.0 Å². The van der Waals surface area contributed by atoms with E-state index in [1.54, 1.807) is 0 Å². The smallest absolute Gasteiger partial charge is 0.407 e. The van der Waals surface area contributed by atoms with Crippen LogP contribution >= 0.6 is 0 Å². The second-order valence-electron chi connectivity index (χ2n) is 2.36. The molecule has 0 aromatic heterocycles. The number of hydrogen-bond acceptors (Lipinski definition) is 5. The van der Waals surface area contributed by atoms with E-state index in [-0.39, 0.29) is 13.2 Å². The molecule has 0 aliphatic carbocycles. The van der Waals surface area contributed by atoms with Crippen LogP contribution in [0.5, 0.6) is 0 Å². The number of rotatable bonds is 4. The zero-order valence-electron chi connectivity index (χ0n) is 8.24. The zero-order valence-corrected chi connectivity index (χ0v) is 8.24. The Labute approximate surface area is 86.4 Å². The monoisotopic (exact) mass is 216 g/mol. The van der Waals surface area contributed by atoms with Gasteiger partial charge in [-0.25, -0.2) is 4.79 Å². The molecule has 0 heterocycles. The summed E-state index contributed by atoms with van der Waals surface area (Å²) >= 11 is 0. The lowest BCUT2D eigenvalue weighted by atomic mass is 10.6. The molecule has 7 nitrogen and oxygen atoms in total. The van der Waals surface area contributed by atoms with E-state index in [9.17, 15) is 14.4 Å². The second-order valence-corrected chi connectivity index (χ2v) is 2.36. The summed E-state index contributed by atoms with van der Waals surface area (Å²) in [5.41, 5.74) is 1.81. The van der Waals surface area contributed by atoms with Crippen LogP contribution in [0.4, 0.5) is 4.79 Å². The summed E-state index contributed by atoms with van der Waals surface area (Å²) in [4.78, 5) is 36.1. The maximum Gasteiger partial charge on any atom is 0.407 e. The number of carbonyl (C=O) groups is 3. The van der Waals surface area contributed by atoms with Gasteiger partial charge in [-0.2, -0.15) is 5.48 Å². The van der Waals surface area contributed by atoms with E-state index in [1.807, 2.05) is 5.48 Å². The molecule has 0 fully saturated rings. The van der Waals surface area contributed by atoms with E-state index in [0.717, 1.165) is 6.92 Å². The van der Waals surface area contributed by atoms with Gasteiger partial charge < -0.3 is 14.9 Å². The Bertz CT molecular complexity index is 264. The number of ether oxygens (including phenoxy) is 1. The third-order valence-electron chi connectivity index (χ3n) is 1.03. The number of hydrogen-bond donors (Lipinski definition) is 2. The lowest BCUT2D eigenvalue weighted by Crippen LogP contribution is -2.37. The Balaban J connectivity index is 3.57. The molecule has 0 aromatic rings. The van der Waals surface area contributed by atoms with Gasteiger partial charge in [-0.05, 0) is 0 Å². The van der Waals surface area contributed by atoms with Crippen LogP contribution in [0.25, 0.3) is 0 Å². The van der Waals surface area contributed by atoms with Crippen LogP contribution < -0.4 is 10.8 Å². The highest BCUT2D eigenvalue weighted by Crippen LogP contribution is 1.77. The first kappa shape index (κ1) is 12.9. The molecule has 0 aliphatic rings. The summed E-state index contributed by atoms with van der Waals surface area (Å²) in [6, 6.07) is 0. The SMILES string of the molecule is C=CCOC(=O)NCC(=O)NOC(C)=O. The predicted molar refractivity (Wildman–Crippen MR) is 49.5 cm³/mol. The van der Waals surface area contributed by atoms with E-state index in [4.69, 9.17) is 0 Å². The van der Waals surface area contributed by atoms with E-state index in [2.05, 4.69) is 21.5 Å². The van der Waals surface area contributed by atoms with E-state index in [0.29, 0.717) is 0 Å². The molecule has 7 heteroatoms. The average molecular weight is 216 g/mol. The highest BCUT2D eigenvalue weighted by molar-refractivity contribution is 5.82. The van der Waals surface area contributed by atoms with Gasteiger partial charge in [0.2, 0.25) is 0 Å². The van der Waals surface area contributed by atoms with Crippen molar-refractivity contribution < 1.29 is 24.0 Å². The summed E-state index contributed by atoms with van der Waals surface area (Å²) in [5.74, 6) is -1.32. The molecule has 15 heavy (non-hydrogen) atoms. The lowest BCUT2D eigenvalue weighted by molar-refractivity contribution is -0.155. The molecule has 0 bridgehead atoms. The Kier molecular flexibility index (Phi) is 6.36. The van der Waals surface area contributed by atoms with Crippen LogP contribution in [0.15, 0.2) is 12.7 Å². The molecule has 84 valence electrons. The van der Waals surface area contributed by atoms with Crippen molar-refractivity contribution in [2.45, 2.75) is 6.92 Å². The molecule has 0 aromatic carbocycles. The van der Waals surface area contributed by atoms with Crippen molar-refractivity contribution in [2.24, 2.45) is 0 Å². The van der Waals surface area contributed by atoms with Gasteiger partial charge in [0.1, 0.15) is 13.2 Å². The van der Waals surface area contributed by atoms with E-state index >= 15 is 0 Å². The van der Waals surface area contributed by atoms with Crippen molar-refractivity contribution in [3.8, 4) is 0 Å². The largest absolute Gasteiger partial charge is 0.445 e. The Hall–Kier alpha value is -2.05. The van der Waals surface area contributed by atoms with Gasteiger partial charge in [0.15, 0.2) is 0 Å². The number of hydroxylamine groups is 1. The van der Waals surface area contributed by atoms with Gasteiger partial charge in [-0.3, -0.25) is 9.59 Å². The number of carbonyl (C=O) groups excluding carboxylic acids is 3. The van der Waals surface area contributed by atoms with Gasteiger partial charge in [0.25, 0.3) is 5.91 Å². The van der Waals surface area contributed by atoms with Crippen LogP contribution in [-0.4, -0.2) is 31.1 Å². The topological polar surface area (TPSA) is 93.7 Å². The molecule has 2 amide bonds. The highest BCUT2D eigenvalue weighted by atomic mass is 16.7. The van der Waals surface area contributed by atoms with Crippen LogP contribution in [0.2, 0.25) is 0 Å². The fraction of sp³-hybridized carbons (Fsp3) is 0.375. The van der Waals surface area contributed by atoms with Crippen molar-refractivity contribution in [1.82, 2.24) is 10.8 Å². The number of alkyl carbamates (subject to hydrolysis) is 1. The Morgan fingerprint density at radius 2 is 2.07 bits per heavy atom. The molecule has 0 unspecified atom stereocenters. The maximum atomic E-state index is 10.8. The minimum atomic E-state index is -0.757. The fourth-order valence-electron chi connectivity index (χ4n) is 0.503.